The molecule has 6 aliphatic carbocycles. The van der Waals surface area contributed by atoms with Gasteiger partial charge in [0.2, 0.25) is 0 Å². The van der Waals surface area contributed by atoms with Crippen LogP contribution in [0.4, 0.5) is 0 Å². The Kier molecular flexibility index (Phi) is 4.54. The summed E-state index contributed by atoms with van der Waals surface area (Å²) < 4.78 is 0. The molecular weight excluding hydrogens is 368 g/mol. The summed E-state index contributed by atoms with van der Waals surface area (Å²) in [6.07, 6.45) is 23.0. The van der Waals surface area contributed by atoms with Gasteiger partial charge in [-0.2, -0.15) is 0 Å². The first-order chi connectivity index (χ1) is 13.4. The summed E-state index contributed by atoms with van der Waals surface area (Å²) in [5.74, 6) is 0. The zero-order valence-electron chi connectivity index (χ0n) is 16.8. The van der Waals surface area contributed by atoms with Crippen molar-refractivity contribution in [2.75, 3.05) is 0 Å². The minimum absolute atomic E-state index is 0.852. The molecule has 0 fully saturated rings. The first-order valence-corrected chi connectivity index (χ1v) is 13.2. The fourth-order valence-corrected chi connectivity index (χ4v) is 9.67. The van der Waals surface area contributed by atoms with E-state index in [1.54, 1.807) is 0 Å². The summed E-state index contributed by atoms with van der Waals surface area (Å²) in [6.45, 7) is 0. The molecule has 0 heterocycles. The van der Waals surface area contributed by atoms with E-state index in [1.807, 2.05) is 44.6 Å². The number of fused-ring (bicyclic) bond motifs is 2. The molecule has 0 saturated heterocycles. The molecule has 0 aromatic rings. The summed E-state index contributed by atoms with van der Waals surface area (Å²) in [7, 11) is 0. The summed E-state index contributed by atoms with van der Waals surface area (Å²) >= 11 is 1.47. The molecule has 0 aliphatic heterocycles. The average molecular weight is 402 g/mol. The van der Waals surface area contributed by atoms with Gasteiger partial charge in [-0.15, -0.1) is 0 Å². The zero-order valence-corrected chi connectivity index (χ0v) is 17.9. The molecule has 0 aromatic heterocycles. The van der Waals surface area contributed by atoms with Crippen LogP contribution < -0.4 is 0 Å². The van der Waals surface area contributed by atoms with Gasteiger partial charge in [0.25, 0.3) is 0 Å². The van der Waals surface area contributed by atoms with Gasteiger partial charge in [-0.05, 0) is 0 Å². The van der Waals surface area contributed by atoms with Crippen molar-refractivity contribution < 1.29 is 15.0 Å². The second kappa shape index (κ2) is 7.07. The third-order valence-corrected chi connectivity index (χ3v) is 10.5. The molecular formula is C26H34Fe. The van der Waals surface area contributed by atoms with Crippen LogP contribution in [0.2, 0.25) is 9.63 Å². The van der Waals surface area contributed by atoms with E-state index >= 15 is 0 Å². The summed E-state index contributed by atoms with van der Waals surface area (Å²) in [5, 5.41) is 0. The van der Waals surface area contributed by atoms with E-state index in [1.165, 1.54) is 118 Å². The third-order valence-electron chi connectivity index (χ3n) is 8.20. The first kappa shape index (κ1) is 17.3. The van der Waals surface area contributed by atoms with Crippen LogP contribution in [0.5, 0.6) is 0 Å². The van der Waals surface area contributed by atoms with E-state index in [0.29, 0.717) is 0 Å². The van der Waals surface area contributed by atoms with E-state index < -0.39 is 0 Å². The average Bonchev–Trinajstić information content (AvgIpc) is 3.23. The van der Waals surface area contributed by atoms with E-state index in [4.69, 9.17) is 0 Å². The molecule has 0 bridgehead atoms. The fraction of sp³-hybridized carbons (Fsp3) is 0.692. The van der Waals surface area contributed by atoms with Gasteiger partial charge >= 0.3 is 172 Å². The van der Waals surface area contributed by atoms with E-state index in [0.717, 1.165) is 9.63 Å². The molecule has 0 spiro atoms. The molecule has 1 heteroatoms. The Morgan fingerprint density at radius 3 is 0.926 bits per heavy atom. The van der Waals surface area contributed by atoms with E-state index in [9.17, 15) is 0 Å². The summed E-state index contributed by atoms with van der Waals surface area (Å²) in [5.41, 5.74) is 15.3. The Bertz CT molecular complexity index is 657. The van der Waals surface area contributed by atoms with Crippen molar-refractivity contribution >= 4 is 0 Å². The summed E-state index contributed by atoms with van der Waals surface area (Å²) in [4.78, 5) is 1.70. The molecule has 6 aliphatic rings. The normalized spacial score (nSPS) is 29.5. The topological polar surface area (TPSA) is 0 Å². The summed E-state index contributed by atoms with van der Waals surface area (Å²) in [6, 6.07) is 0. The molecule has 0 amide bonds. The first-order valence-electron chi connectivity index (χ1n) is 11.9. The van der Waals surface area contributed by atoms with Gasteiger partial charge in [-0.1, -0.05) is 0 Å². The van der Waals surface area contributed by atoms with Crippen molar-refractivity contribution in [3.8, 4) is 0 Å². The Morgan fingerprint density at radius 1 is 0.370 bits per heavy atom. The van der Waals surface area contributed by atoms with Crippen molar-refractivity contribution in [3.05, 3.63) is 44.6 Å². The molecule has 27 heavy (non-hydrogen) atoms. The van der Waals surface area contributed by atoms with E-state index in [2.05, 4.69) is 0 Å². The van der Waals surface area contributed by atoms with Gasteiger partial charge in [-0.3, -0.25) is 0 Å². The molecule has 0 atom stereocenters. The minimum atomic E-state index is 0.852. The SMILES string of the molecule is C1CCC2=C(C1)C1=C(CCCC1)[CH]2[Fe][CH]1C2=C(CCCC2)C2=C1CCCC2. The molecule has 146 valence electrons. The number of hydrogen-bond acceptors (Lipinski definition) is 0. The second-order valence-corrected chi connectivity index (χ2v) is 11.3. The standard InChI is InChI=1S/2C13H17.Fe/c2*1-3-7-12-10(5-1)9-11-6-2-4-8-13(11)12;/h2*9H,1-8H2;. The van der Waals surface area contributed by atoms with Crippen LogP contribution in [-0.2, 0) is 15.0 Å². The van der Waals surface area contributed by atoms with Gasteiger partial charge in [0.15, 0.2) is 0 Å². The maximum atomic E-state index is 1.94. The number of rotatable bonds is 2. The van der Waals surface area contributed by atoms with Crippen molar-refractivity contribution in [2.24, 2.45) is 0 Å². The Balaban J connectivity index is 1.38. The zero-order chi connectivity index (χ0) is 17.8. The van der Waals surface area contributed by atoms with Gasteiger partial charge in [0.05, 0.1) is 0 Å². The molecule has 0 radical (unpaired) electrons. The Morgan fingerprint density at radius 2 is 0.630 bits per heavy atom. The third kappa shape index (κ3) is 2.75. The van der Waals surface area contributed by atoms with E-state index in [-0.39, 0.29) is 0 Å². The quantitative estimate of drug-likeness (QED) is 0.409. The second-order valence-electron chi connectivity index (χ2n) is 9.66. The van der Waals surface area contributed by atoms with Crippen LogP contribution >= 0.6 is 0 Å². The molecule has 6 rings (SSSR count). The Hall–Kier alpha value is -0.521. The molecule has 0 aromatic carbocycles. The molecule has 0 nitrogen and oxygen atoms in total. The predicted octanol–water partition coefficient (Wildman–Crippen LogP) is 8.16. The van der Waals surface area contributed by atoms with Crippen LogP contribution in [-0.4, -0.2) is 0 Å². The number of allylic oxidation sites excluding steroid dienone is 8. The van der Waals surface area contributed by atoms with Gasteiger partial charge in [0.1, 0.15) is 0 Å². The van der Waals surface area contributed by atoms with Gasteiger partial charge < -0.3 is 0 Å². The monoisotopic (exact) mass is 402 g/mol. The van der Waals surface area contributed by atoms with Crippen molar-refractivity contribution in [3.63, 3.8) is 0 Å². The van der Waals surface area contributed by atoms with Crippen molar-refractivity contribution in [2.45, 2.75) is 112 Å². The fourth-order valence-electron chi connectivity index (χ4n) is 7.00. The van der Waals surface area contributed by atoms with Crippen LogP contribution in [0.15, 0.2) is 44.6 Å². The van der Waals surface area contributed by atoms with Crippen molar-refractivity contribution in [1.29, 1.82) is 0 Å². The van der Waals surface area contributed by atoms with Gasteiger partial charge in [0, 0.05) is 0 Å². The molecule has 0 saturated carbocycles. The van der Waals surface area contributed by atoms with Crippen molar-refractivity contribution in [1.82, 2.24) is 0 Å². The molecule has 0 unspecified atom stereocenters. The Labute approximate surface area is 171 Å². The van der Waals surface area contributed by atoms with Crippen LogP contribution in [0.3, 0.4) is 0 Å². The van der Waals surface area contributed by atoms with Crippen LogP contribution in [0.1, 0.15) is 103 Å². The van der Waals surface area contributed by atoms with Crippen LogP contribution in [0, 0.1) is 0 Å². The van der Waals surface area contributed by atoms with Gasteiger partial charge in [-0.25, -0.2) is 0 Å². The maximum absolute atomic E-state index is 1.94. The predicted molar refractivity (Wildman–Crippen MR) is 109 cm³/mol. The van der Waals surface area contributed by atoms with Crippen LogP contribution in [0.25, 0.3) is 0 Å². The number of hydrogen-bond donors (Lipinski definition) is 0. The molecule has 0 N–H and O–H groups in total.